The second kappa shape index (κ2) is 9.78. The van der Waals surface area contributed by atoms with Crippen LogP contribution in [0.1, 0.15) is 36.2 Å². The molecule has 2 rings (SSSR count). The minimum atomic E-state index is -0.323. The number of nitrogens with one attached hydrogen (secondary N) is 1. The molecule has 1 aromatic carbocycles. The zero-order valence-corrected chi connectivity index (χ0v) is 15.7. The Bertz CT molecular complexity index is 736. The summed E-state index contributed by atoms with van der Waals surface area (Å²) in [4.78, 5) is 15.8. The van der Waals surface area contributed by atoms with Crippen LogP contribution in [0.2, 0.25) is 0 Å². The smallest absolute Gasteiger partial charge is 0.272 e. The molecular weight excluding hydrogens is 386 g/mol. The van der Waals surface area contributed by atoms with E-state index in [0.29, 0.717) is 30.3 Å². The standard InChI is InChI=1S/C18H20BrN3O3/c1-3-8-25-17-15(19)9-13(10-16(17)24-4-2)11-21-22-18(23)14-6-5-7-20-12-14/h5-7,9-12H,3-4,8H2,1-2H3,(H,22,23)/b21-11+. The van der Waals surface area contributed by atoms with Crippen LogP contribution in [0, 0.1) is 0 Å². The molecule has 0 aliphatic rings. The van der Waals surface area contributed by atoms with Gasteiger partial charge in [-0.25, -0.2) is 5.43 Å². The van der Waals surface area contributed by atoms with Gasteiger partial charge in [0.15, 0.2) is 11.5 Å². The molecule has 0 bridgehead atoms. The molecule has 132 valence electrons. The predicted octanol–water partition coefficient (Wildman–Crippen LogP) is 3.80. The number of aromatic nitrogens is 1. The van der Waals surface area contributed by atoms with Crippen LogP contribution >= 0.6 is 15.9 Å². The number of hydrazone groups is 1. The number of benzene rings is 1. The van der Waals surface area contributed by atoms with Crippen molar-refractivity contribution in [2.45, 2.75) is 20.3 Å². The number of carbonyl (C=O) groups excluding carboxylic acids is 1. The molecule has 0 atom stereocenters. The topological polar surface area (TPSA) is 72.8 Å². The van der Waals surface area contributed by atoms with Crippen molar-refractivity contribution < 1.29 is 14.3 Å². The molecule has 1 N–H and O–H groups in total. The van der Waals surface area contributed by atoms with Crippen molar-refractivity contribution in [3.8, 4) is 11.5 Å². The van der Waals surface area contributed by atoms with E-state index in [9.17, 15) is 4.79 Å². The van der Waals surface area contributed by atoms with Crippen molar-refractivity contribution in [2.24, 2.45) is 5.10 Å². The summed E-state index contributed by atoms with van der Waals surface area (Å²) in [6.07, 6.45) is 5.54. The van der Waals surface area contributed by atoms with Gasteiger partial charge in [-0.05, 0) is 59.1 Å². The Morgan fingerprint density at radius 1 is 1.36 bits per heavy atom. The normalized spacial score (nSPS) is 10.7. The fraction of sp³-hybridized carbons (Fsp3) is 0.278. The SMILES string of the molecule is CCCOc1c(Br)cc(/C=N/NC(=O)c2cccnc2)cc1OCC. The van der Waals surface area contributed by atoms with Crippen LogP contribution in [0.25, 0.3) is 0 Å². The highest BCUT2D eigenvalue weighted by Crippen LogP contribution is 2.36. The van der Waals surface area contributed by atoms with Gasteiger partial charge >= 0.3 is 0 Å². The zero-order chi connectivity index (χ0) is 18.1. The number of nitrogens with zero attached hydrogens (tertiary/aromatic N) is 2. The van der Waals surface area contributed by atoms with Crippen LogP contribution in [0.5, 0.6) is 11.5 Å². The van der Waals surface area contributed by atoms with Crippen molar-refractivity contribution in [3.05, 3.63) is 52.3 Å². The molecule has 0 aliphatic carbocycles. The minimum absolute atomic E-state index is 0.323. The zero-order valence-electron chi connectivity index (χ0n) is 14.2. The maximum Gasteiger partial charge on any atom is 0.272 e. The van der Waals surface area contributed by atoms with Gasteiger partial charge in [-0.15, -0.1) is 0 Å². The highest BCUT2D eigenvalue weighted by Gasteiger charge is 2.11. The lowest BCUT2D eigenvalue weighted by Crippen LogP contribution is -2.17. The molecule has 25 heavy (non-hydrogen) atoms. The van der Waals surface area contributed by atoms with Crippen LogP contribution in [-0.4, -0.2) is 30.3 Å². The number of hydrogen-bond donors (Lipinski definition) is 1. The maximum absolute atomic E-state index is 11.9. The third-order valence-electron chi connectivity index (χ3n) is 3.09. The van der Waals surface area contributed by atoms with Gasteiger partial charge in [0.25, 0.3) is 5.91 Å². The molecule has 7 heteroatoms. The highest BCUT2D eigenvalue weighted by atomic mass is 79.9. The lowest BCUT2D eigenvalue weighted by Gasteiger charge is -2.14. The van der Waals surface area contributed by atoms with E-state index in [4.69, 9.17) is 9.47 Å². The quantitative estimate of drug-likeness (QED) is 0.535. The van der Waals surface area contributed by atoms with Gasteiger partial charge in [0.05, 0.1) is 29.5 Å². The first kappa shape index (κ1) is 18.9. The molecule has 0 aliphatic heterocycles. The Labute approximate surface area is 155 Å². The Morgan fingerprint density at radius 3 is 2.88 bits per heavy atom. The first-order chi connectivity index (χ1) is 12.2. The average Bonchev–Trinajstić information content (AvgIpc) is 2.62. The highest BCUT2D eigenvalue weighted by molar-refractivity contribution is 9.10. The van der Waals surface area contributed by atoms with Crippen LogP contribution in [0.15, 0.2) is 46.2 Å². The Morgan fingerprint density at radius 2 is 2.20 bits per heavy atom. The van der Waals surface area contributed by atoms with Crippen molar-refractivity contribution >= 4 is 28.1 Å². The second-order valence-electron chi connectivity index (χ2n) is 5.05. The van der Waals surface area contributed by atoms with E-state index >= 15 is 0 Å². The van der Waals surface area contributed by atoms with Gasteiger partial charge in [0.2, 0.25) is 0 Å². The Balaban J connectivity index is 2.12. The first-order valence-corrected chi connectivity index (χ1v) is 8.77. The molecule has 1 heterocycles. The maximum atomic E-state index is 11.9. The number of rotatable bonds is 8. The number of amides is 1. The second-order valence-corrected chi connectivity index (χ2v) is 5.91. The molecule has 0 unspecified atom stereocenters. The van der Waals surface area contributed by atoms with Gasteiger partial charge in [0, 0.05) is 12.4 Å². The van der Waals surface area contributed by atoms with E-state index in [1.807, 2.05) is 26.0 Å². The van der Waals surface area contributed by atoms with E-state index in [1.165, 1.54) is 6.20 Å². The third-order valence-corrected chi connectivity index (χ3v) is 3.67. The van der Waals surface area contributed by atoms with E-state index in [0.717, 1.165) is 16.5 Å². The molecular formula is C18H20BrN3O3. The fourth-order valence-electron chi connectivity index (χ4n) is 2.00. The average molecular weight is 406 g/mol. The summed E-state index contributed by atoms with van der Waals surface area (Å²) < 4.78 is 12.1. The predicted molar refractivity (Wildman–Crippen MR) is 100 cm³/mol. The summed E-state index contributed by atoms with van der Waals surface area (Å²) in [5.74, 6) is 0.974. The summed E-state index contributed by atoms with van der Waals surface area (Å²) in [6, 6.07) is 7.03. The molecule has 2 aromatic rings. The summed E-state index contributed by atoms with van der Waals surface area (Å²) in [5, 5.41) is 3.98. The van der Waals surface area contributed by atoms with Gasteiger partial charge in [-0.3, -0.25) is 9.78 Å². The lowest BCUT2D eigenvalue weighted by atomic mass is 10.2. The van der Waals surface area contributed by atoms with Crippen molar-refractivity contribution in [1.82, 2.24) is 10.4 Å². The van der Waals surface area contributed by atoms with Crippen molar-refractivity contribution in [2.75, 3.05) is 13.2 Å². The largest absolute Gasteiger partial charge is 0.490 e. The number of ether oxygens (including phenoxy) is 2. The van der Waals surface area contributed by atoms with Crippen molar-refractivity contribution in [3.63, 3.8) is 0 Å². The van der Waals surface area contributed by atoms with Crippen LogP contribution in [0.3, 0.4) is 0 Å². The number of hydrogen-bond acceptors (Lipinski definition) is 5. The minimum Gasteiger partial charge on any atom is -0.490 e. The van der Waals surface area contributed by atoms with Crippen LogP contribution in [0.4, 0.5) is 0 Å². The summed E-state index contributed by atoms with van der Waals surface area (Å²) in [7, 11) is 0. The summed E-state index contributed by atoms with van der Waals surface area (Å²) >= 11 is 3.49. The molecule has 0 saturated heterocycles. The number of halogens is 1. The van der Waals surface area contributed by atoms with E-state index in [-0.39, 0.29) is 5.91 Å². The van der Waals surface area contributed by atoms with E-state index in [2.05, 4.69) is 31.4 Å². The molecule has 0 fully saturated rings. The molecule has 0 saturated carbocycles. The number of pyridine rings is 1. The van der Waals surface area contributed by atoms with Gasteiger partial charge in [-0.2, -0.15) is 5.10 Å². The van der Waals surface area contributed by atoms with Gasteiger partial charge in [0.1, 0.15) is 0 Å². The molecule has 0 spiro atoms. The Kier molecular flexibility index (Phi) is 7.40. The molecule has 1 aromatic heterocycles. The van der Waals surface area contributed by atoms with Gasteiger partial charge in [-0.1, -0.05) is 6.92 Å². The van der Waals surface area contributed by atoms with Crippen LogP contribution in [-0.2, 0) is 0 Å². The fourth-order valence-corrected chi connectivity index (χ4v) is 2.57. The monoisotopic (exact) mass is 405 g/mol. The van der Waals surface area contributed by atoms with E-state index in [1.54, 1.807) is 24.5 Å². The summed E-state index contributed by atoms with van der Waals surface area (Å²) in [5.41, 5.74) is 3.68. The first-order valence-electron chi connectivity index (χ1n) is 7.98. The number of carbonyl (C=O) groups is 1. The Hall–Kier alpha value is -2.41. The van der Waals surface area contributed by atoms with Crippen LogP contribution < -0.4 is 14.9 Å². The summed E-state index contributed by atoms with van der Waals surface area (Å²) in [6.45, 7) is 5.08. The molecule has 0 radical (unpaired) electrons. The molecule has 1 amide bonds. The lowest BCUT2D eigenvalue weighted by molar-refractivity contribution is 0.0955. The van der Waals surface area contributed by atoms with Crippen molar-refractivity contribution in [1.29, 1.82) is 0 Å². The third kappa shape index (κ3) is 5.56. The van der Waals surface area contributed by atoms with E-state index < -0.39 is 0 Å². The van der Waals surface area contributed by atoms with Gasteiger partial charge < -0.3 is 9.47 Å². The molecule has 6 nitrogen and oxygen atoms in total.